The molecule has 4 aromatic heterocycles. The van der Waals surface area contributed by atoms with Crippen molar-refractivity contribution in [2.45, 2.75) is 35.4 Å². The van der Waals surface area contributed by atoms with Crippen molar-refractivity contribution >= 4 is 54.2 Å². The quantitative estimate of drug-likeness (QED) is 0.496. The number of hydrogen-bond donors (Lipinski definition) is 0. The number of rotatable bonds is 5. The molecule has 114 valence electrons. The molecule has 0 saturated carbocycles. The van der Waals surface area contributed by atoms with Gasteiger partial charge in [-0.05, 0) is 21.6 Å². The van der Waals surface area contributed by atoms with Gasteiger partial charge in [0, 0.05) is 12.8 Å². The van der Waals surface area contributed by atoms with E-state index < -0.39 is 0 Å². The van der Waals surface area contributed by atoms with E-state index in [0.717, 1.165) is 43.1 Å². The molecule has 0 amide bonds. The molecule has 0 N–H and O–H groups in total. The average molecular weight is 371 g/mol. The Balaban J connectivity index is 1.54. The van der Waals surface area contributed by atoms with Crippen molar-refractivity contribution in [1.29, 1.82) is 0 Å². The highest BCUT2D eigenvalue weighted by Crippen LogP contribution is 2.40. The maximum atomic E-state index is 4.53. The van der Waals surface area contributed by atoms with Crippen molar-refractivity contribution in [3.8, 4) is 0 Å². The maximum Gasteiger partial charge on any atom is 0.235 e. The van der Waals surface area contributed by atoms with Gasteiger partial charge in [0.2, 0.25) is 9.92 Å². The summed E-state index contributed by atoms with van der Waals surface area (Å²) in [6.07, 6.45) is 1.64. The molecule has 0 aromatic carbocycles. The van der Waals surface area contributed by atoms with Crippen LogP contribution in [0.25, 0.3) is 9.92 Å². The van der Waals surface area contributed by atoms with Gasteiger partial charge in [0.15, 0.2) is 20.3 Å². The van der Waals surface area contributed by atoms with E-state index in [9.17, 15) is 0 Å². The van der Waals surface area contributed by atoms with E-state index in [1.807, 2.05) is 13.8 Å². The fraction of sp³-hybridized carbons (Fsp3) is 0.400. The van der Waals surface area contributed by atoms with Crippen LogP contribution < -0.4 is 0 Å². The number of aromatic nitrogens is 8. The largest absolute Gasteiger partial charge is 0.235 e. The highest BCUT2D eigenvalue weighted by atomic mass is 33.1. The normalized spacial score (nSPS) is 11.9. The first kappa shape index (κ1) is 14.4. The molecule has 0 unspecified atom stereocenters. The Hall–Kier alpha value is -1.24. The standard InChI is InChI=1S/C10H10N8S4/c1-3-5-11-13-7-17(5)15-9(19-7)21-22-10-16-18-6(4-2)12-14-8(18)20-10/h3-4H2,1-2H3. The van der Waals surface area contributed by atoms with E-state index in [0.29, 0.717) is 0 Å². The van der Waals surface area contributed by atoms with E-state index in [1.165, 1.54) is 22.7 Å². The zero-order valence-electron chi connectivity index (χ0n) is 11.6. The zero-order chi connectivity index (χ0) is 15.1. The average Bonchev–Trinajstić information content (AvgIpc) is 3.24. The van der Waals surface area contributed by atoms with Crippen LogP contribution in [0.1, 0.15) is 25.5 Å². The molecule has 0 bridgehead atoms. The molecule has 22 heavy (non-hydrogen) atoms. The Morgan fingerprint density at radius 2 is 1.23 bits per heavy atom. The second-order valence-electron chi connectivity index (χ2n) is 4.23. The first-order chi connectivity index (χ1) is 10.8. The van der Waals surface area contributed by atoms with Crippen LogP contribution in [0.5, 0.6) is 0 Å². The Kier molecular flexibility index (Phi) is 3.76. The Morgan fingerprint density at radius 3 is 1.64 bits per heavy atom. The molecule has 0 fully saturated rings. The van der Waals surface area contributed by atoms with Crippen LogP contribution in [0.3, 0.4) is 0 Å². The summed E-state index contributed by atoms with van der Waals surface area (Å²) in [4.78, 5) is 1.65. The molecule has 4 heterocycles. The number of aryl methyl sites for hydroxylation is 2. The number of fused-ring (bicyclic) bond motifs is 2. The van der Waals surface area contributed by atoms with Gasteiger partial charge in [-0.25, -0.2) is 0 Å². The lowest BCUT2D eigenvalue weighted by molar-refractivity contribution is 0.809. The summed E-state index contributed by atoms with van der Waals surface area (Å²) >= 11 is 3.06. The minimum absolute atomic E-state index is 0.818. The summed E-state index contributed by atoms with van der Waals surface area (Å²) < 4.78 is 5.49. The van der Waals surface area contributed by atoms with Crippen LogP contribution in [-0.4, -0.2) is 39.6 Å². The van der Waals surface area contributed by atoms with Gasteiger partial charge in [0.05, 0.1) is 0 Å². The molecule has 0 saturated heterocycles. The van der Waals surface area contributed by atoms with Crippen LogP contribution in [-0.2, 0) is 12.8 Å². The predicted molar refractivity (Wildman–Crippen MR) is 87.8 cm³/mol. The third-order valence-electron chi connectivity index (χ3n) is 2.89. The molecular weight excluding hydrogens is 360 g/mol. The summed E-state index contributed by atoms with van der Waals surface area (Å²) in [5.41, 5.74) is 0. The summed E-state index contributed by atoms with van der Waals surface area (Å²) in [5, 5.41) is 25.5. The van der Waals surface area contributed by atoms with Gasteiger partial charge in [-0.15, -0.1) is 30.6 Å². The van der Waals surface area contributed by atoms with Crippen LogP contribution in [0.15, 0.2) is 8.68 Å². The summed E-state index contributed by atoms with van der Waals surface area (Å²) in [6.45, 7) is 4.09. The Morgan fingerprint density at radius 1 is 0.773 bits per heavy atom. The van der Waals surface area contributed by atoms with E-state index in [-0.39, 0.29) is 0 Å². The molecule has 4 aromatic rings. The van der Waals surface area contributed by atoms with Crippen molar-refractivity contribution < 1.29 is 0 Å². The van der Waals surface area contributed by atoms with E-state index in [1.54, 1.807) is 30.6 Å². The smallest absolute Gasteiger partial charge is 0.186 e. The molecule has 12 heteroatoms. The third-order valence-corrected chi connectivity index (χ3v) is 7.64. The van der Waals surface area contributed by atoms with Gasteiger partial charge in [-0.3, -0.25) is 0 Å². The van der Waals surface area contributed by atoms with Crippen molar-refractivity contribution in [3.63, 3.8) is 0 Å². The molecule has 0 aliphatic heterocycles. The van der Waals surface area contributed by atoms with E-state index in [2.05, 4.69) is 30.6 Å². The lowest BCUT2D eigenvalue weighted by Gasteiger charge is -1.91. The lowest BCUT2D eigenvalue weighted by atomic mass is 10.5. The molecule has 8 nitrogen and oxygen atoms in total. The van der Waals surface area contributed by atoms with Gasteiger partial charge in [0.1, 0.15) is 0 Å². The van der Waals surface area contributed by atoms with E-state index in [4.69, 9.17) is 0 Å². The lowest BCUT2D eigenvalue weighted by Crippen LogP contribution is -1.93. The summed E-state index contributed by atoms with van der Waals surface area (Å²) in [7, 11) is 3.15. The SMILES string of the molecule is CCc1nnc2sc(SSc3nn4c(CC)nnc4s3)nn12. The van der Waals surface area contributed by atoms with E-state index >= 15 is 0 Å². The zero-order valence-corrected chi connectivity index (χ0v) is 14.9. The van der Waals surface area contributed by atoms with Crippen molar-refractivity contribution in [3.05, 3.63) is 11.6 Å². The van der Waals surface area contributed by atoms with Crippen LogP contribution in [0, 0.1) is 0 Å². The van der Waals surface area contributed by atoms with Crippen molar-refractivity contribution in [2.24, 2.45) is 0 Å². The van der Waals surface area contributed by atoms with Gasteiger partial charge in [-0.1, -0.05) is 36.5 Å². The van der Waals surface area contributed by atoms with Crippen molar-refractivity contribution in [1.82, 2.24) is 39.6 Å². The van der Waals surface area contributed by atoms with Gasteiger partial charge in [-0.2, -0.15) is 9.03 Å². The van der Waals surface area contributed by atoms with Crippen LogP contribution >= 0.6 is 44.3 Å². The molecule has 0 aliphatic carbocycles. The fourth-order valence-corrected chi connectivity index (χ4v) is 5.99. The Labute approximate surface area is 140 Å². The minimum atomic E-state index is 0.818. The number of hydrogen-bond acceptors (Lipinski definition) is 10. The van der Waals surface area contributed by atoms with Crippen molar-refractivity contribution in [2.75, 3.05) is 0 Å². The predicted octanol–water partition coefficient (Wildman–Crippen LogP) is 2.61. The molecule has 0 aliphatic rings. The topological polar surface area (TPSA) is 86.2 Å². The third kappa shape index (κ3) is 2.39. The first-order valence-electron chi connectivity index (χ1n) is 6.55. The van der Waals surface area contributed by atoms with Gasteiger partial charge >= 0.3 is 0 Å². The first-order valence-corrected chi connectivity index (χ1v) is 10.3. The fourth-order valence-electron chi connectivity index (χ4n) is 1.86. The molecule has 0 radical (unpaired) electrons. The summed E-state index contributed by atoms with van der Waals surface area (Å²) in [6, 6.07) is 0. The van der Waals surface area contributed by atoms with Crippen LogP contribution in [0.2, 0.25) is 0 Å². The molecule has 0 spiro atoms. The maximum absolute atomic E-state index is 4.53. The monoisotopic (exact) mass is 370 g/mol. The second-order valence-corrected chi connectivity index (χ2v) is 8.77. The molecule has 4 rings (SSSR count). The minimum Gasteiger partial charge on any atom is -0.186 e. The van der Waals surface area contributed by atoms with Crippen LogP contribution in [0.4, 0.5) is 0 Å². The highest BCUT2D eigenvalue weighted by Gasteiger charge is 2.14. The Bertz CT molecular complexity index is 857. The second kappa shape index (κ2) is 5.76. The number of nitrogens with zero attached hydrogens (tertiary/aromatic N) is 8. The van der Waals surface area contributed by atoms with Gasteiger partial charge < -0.3 is 0 Å². The molecule has 0 atom stereocenters. The van der Waals surface area contributed by atoms with Gasteiger partial charge in [0.25, 0.3) is 0 Å². The summed E-state index contributed by atoms with van der Waals surface area (Å²) in [5.74, 6) is 1.77. The highest BCUT2D eigenvalue weighted by molar-refractivity contribution is 8.77. The molecular formula is C10H10N8S4.